The summed E-state index contributed by atoms with van der Waals surface area (Å²) < 4.78 is 18.2. The van der Waals surface area contributed by atoms with E-state index in [0.29, 0.717) is 0 Å². The first-order valence-corrected chi connectivity index (χ1v) is 11.5. The monoisotopic (exact) mass is 422 g/mol. The lowest BCUT2D eigenvalue weighted by atomic mass is 9.42. The number of esters is 1. The van der Waals surface area contributed by atoms with Gasteiger partial charge in [-0.15, -0.1) is 0 Å². The molecule has 0 radical (unpaired) electrons. The van der Waals surface area contributed by atoms with Gasteiger partial charge in [0, 0.05) is 22.7 Å². The van der Waals surface area contributed by atoms with Crippen LogP contribution in [0.25, 0.3) is 0 Å². The van der Waals surface area contributed by atoms with Crippen molar-refractivity contribution in [3.8, 4) is 0 Å². The molecule has 1 saturated carbocycles. The van der Waals surface area contributed by atoms with E-state index in [2.05, 4.69) is 27.7 Å². The van der Waals surface area contributed by atoms with Gasteiger partial charge < -0.3 is 13.9 Å². The molecule has 164 valence electrons. The van der Waals surface area contributed by atoms with Crippen molar-refractivity contribution in [2.24, 2.45) is 28.1 Å². The number of allylic oxidation sites excluding steroid dienone is 2. The van der Waals surface area contributed by atoms with Gasteiger partial charge in [-0.1, -0.05) is 38.8 Å². The molecule has 5 aliphatic rings. The lowest BCUT2D eigenvalue weighted by molar-refractivity contribution is -0.186. The lowest BCUT2D eigenvalue weighted by Gasteiger charge is -2.59. The van der Waals surface area contributed by atoms with E-state index in [1.165, 1.54) is 16.7 Å². The fourth-order valence-electron chi connectivity index (χ4n) is 8.58. The first-order valence-electron chi connectivity index (χ1n) is 11.5. The van der Waals surface area contributed by atoms with Gasteiger partial charge >= 0.3 is 5.97 Å². The number of furan rings is 1. The zero-order valence-corrected chi connectivity index (χ0v) is 18.8. The zero-order valence-electron chi connectivity index (χ0n) is 18.8. The average molecular weight is 423 g/mol. The maximum atomic E-state index is 13.5. The third kappa shape index (κ3) is 1.99. The summed E-state index contributed by atoms with van der Waals surface area (Å²) in [7, 11) is 0. The number of hydrogen-bond acceptors (Lipinski definition) is 5. The summed E-state index contributed by atoms with van der Waals surface area (Å²) in [6, 6.07) is 2.03. The van der Waals surface area contributed by atoms with Crippen LogP contribution in [0.4, 0.5) is 0 Å². The predicted molar refractivity (Wildman–Crippen MR) is 113 cm³/mol. The van der Waals surface area contributed by atoms with Crippen LogP contribution in [-0.4, -0.2) is 30.1 Å². The largest absolute Gasteiger partial charge is 0.472 e. The highest BCUT2D eigenvalue weighted by Gasteiger charge is 2.77. The molecular weight excluding hydrogens is 392 g/mol. The van der Waals surface area contributed by atoms with Crippen molar-refractivity contribution < 1.29 is 23.5 Å². The Morgan fingerprint density at radius 2 is 1.94 bits per heavy atom. The van der Waals surface area contributed by atoms with Crippen molar-refractivity contribution in [3.63, 3.8) is 0 Å². The average Bonchev–Trinajstić information content (AvgIpc) is 3.46. The van der Waals surface area contributed by atoms with Gasteiger partial charge in [0.25, 0.3) is 0 Å². The summed E-state index contributed by atoms with van der Waals surface area (Å²) in [5.41, 5.74) is 2.02. The first kappa shape index (κ1) is 19.5. The van der Waals surface area contributed by atoms with Gasteiger partial charge in [-0.25, -0.2) is 0 Å². The Balaban J connectivity index is 1.56. The quantitative estimate of drug-likeness (QED) is 0.515. The van der Waals surface area contributed by atoms with E-state index in [0.717, 1.165) is 12.8 Å². The van der Waals surface area contributed by atoms with E-state index in [9.17, 15) is 9.59 Å². The normalized spacial score (nSPS) is 49.8. The summed E-state index contributed by atoms with van der Waals surface area (Å²) in [5.74, 6) is 0.0287. The maximum Gasteiger partial charge on any atom is 0.316 e. The molecule has 3 fully saturated rings. The topological polar surface area (TPSA) is 65.7 Å². The minimum Gasteiger partial charge on any atom is -0.472 e. The van der Waals surface area contributed by atoms with Crippen molar-refractivity contribution in [1.29, 1.82) is 0 Å². The Morgan fingerprint density at radius 3 is 2.61 bits per heavy atom. The number of ether oxygens (including phenoxy) is 2. The molecule has 1 aromatic rings. The Kier molecular flexibility index (Phi) is 3.66. The summed E-state index contributed by atoms with van der Waals surface area (Å²) in [6.07, 6.45) is 8.06. The molecule has 0 aromatic carbocycles. The van der Waals surface area contributed by atoms with Crippen LogP contribution in [0.15, 0.2) is 46.3 Å². The zero-order chi connectivity index (χ0) is 21.9. The number of hydrogen-bond donors (Lipinski definition) is 0. The molecule has 9 atom stereocenters. The second-order valence-corrected chi connectivity index (χ2v) is 10.8. The molecule has 0 N–H and O–H groups in total. The van der Waals surface area contributed by atoms with Gasteiger partial charge in [0.2, 0.25) is 0 Å². The van der Waals surface area contributed by atoms with Crippen LogP contribution in [0.1, 0.15) is 58.9 Å². The fraction of sp³-hybridized carbons (Fsp3) is 0.615. The molecule has 2 aliphatic heterocycles. The molecule has 3 aliphatic carbocycles. The number of ketones is 1. The van der Waals surface area contributed by atoms with Crippen molar-refractivity contribution in [2.45, 2.75) is 71.7 Å². The molecule has 5 nitrogen and oxygen atoms in total. The smallest absolute Gasteiger partial charge is 0.316 e. The van der Waals surface area contributed by atoms with E-state index in [1.807, 2.05) is 19.3 Å². The highest BCUT2D eigenvalue weighted by atomic mass is 16.6. The van der Waals surface area contributed by atoms with Gasteiger partial charge in [0.15, 0.2) is 5.78 Å². The highest BCUT2D eigenvalue weighted by Crippen LogP contribution is 2.71. The SMILES string of the molecule is CC[C@H]1[C@]2(C)C3=C(C)[C@H](c4ccoc4)C[C@H]3O[C@@H]2[C@@H]2OC(=O)[C@]3(C)C=CC(=O)[C@@]1(C)[C@@H]23. The number of carbonyl (C=O) groups is 2. The van der Waals surface area contributed by atoms with Crippen molar-refractivity contribution in [2.75, 3.05) is 0 Å². The molecule has 3 heterocycles. The van der Waals surface area contributed by atoms with E-state index >= 15 is 0 Å². The number of fused-ring (bicyclic) bond motifs is 4. The molecular formula is C26H30O5. The second kappa shape index (κ2) is 5.80. The summed E-state index contributed by atoms with van der Waals surface area (Å²) >= 11 is 0. The molecule has 31 heavy (non-hydrogen) atoms. The molecule has 1 aromatic heterocycles. The van der Waals surface area contributed by atoms with Gasteiger partial charge in [-0.2, -0.15) is 0 Å². The molecule has 6 rings (SSSR count). The van der Waals surface area contributed by atoms with Gasteiger partial charge in [0.05, 0.1) is 24.0 Å². The molecule has 0 bridgehead atoms. The minimum absolute atomic E-state index is 0.0127. The van der Waals surface area contributed by atoms with E-state index < -0.39 is 16.9 Å². The van der Waals surface area contributed by atoms with Gasteiger partial charge in [-0.3, -0.25) is 9.59 Å². The van der Waals surface area contributed by atoms with E-state index in [4.69, 9.17) is 13.9 Å². The van der Waals surface area contributed by atoms with Crippen molar-refractivity contribution in [1.82, 2.24) is 0 Å². The van der Waals surface area contributed by atoms with Crippen LogP contribution in [0, 0.1) is 28.1 Å². The van der Waals surface area contributed by atoms with Crippen LogP contribution >= 0.6 is 0 Å². The third-order valence-corrected chi connectivity index (χ3v) is 9.72. The Bertz CT molecular complexity index is 1050. The number of carbonyl (C=O) groups excluding carboxylic acids is 2. The van der Waals surface area contributed by atoms with Crippen LogP contribution in [-0.2, 0) is 19.1 Å². The van der Waals surface area contributed by atoms with Crippen molar-refractivity contribution in [3.05, 3.63) is 47.5 Å². The summed E-state index contributed by atoms with van der Waals surface area (Å²) in [4.78, 5) is 26.6. The molecule has 0 unspecified atom stereocenters. The second-order valence-electron chi connectivity index (χ2n) is 10.8. The Morgan fingerprint density at radius 1 is 1.16 bits per heavy atom. The molecule has 5 heteroatoms. The van der Waals surface area contributed by atoms with Crippen LogP contribution < -0.4 is 0 Å². The molecule has 0 amide bonds. The molecule has 0 spiro atoms. The van der Waals surface area contributed by atoms with E-state index in [1.54, 1.807) is 18.4 Å². The third-order valence-electron chi connectivity index (χ3n) is 9.72. The van der Waals surface area contributed by atoms with Crippen LogP contribution in [0.2, 0.25) is 0 Å². The summed E-state index contributed by atoms with van der Waals surface area (Å²) in [5, 5.41) is 0. The van der Waals surface area contributed by atoms with Gasteiger partial charge in [0.1, 0.15) is 12.2 Å². The summed E-state index contributed by atoms with van der Waals surface area (Å²) in [6.45, 7) is 10.7. The highest BCUT2D eigenvalue weighted by molar-refractivity contribution is 6.00. The van der Waals surface area contributed by atoms with E-state index in [-0.39, 0.29) is 47.1 Å². The van der Waals surface area contributed by atoms with Crippen molar-refractivity contribution >= 4 is 11.8 Å². The minimum atomic E-state index is -0.772. The lowest BCUT2D eigenvalue weighted by Crippen LogP contribution is -2.65. The predicted octanol–water partition coefficient (Wildman–Crippen LogP) is 4.59. The van der Waals surface area contributed by atoms with Crippen LogP contribution in [0.5, 0.6) is 0 Å². The van der Waals surface area contributed by atoms with Gasteiger partial charge in [-0.05, 0) is 49.5 Å². The molecule has 2 saturated heterocycles. The fourth-order valence-corrected chi connectivity index (χ4v) is 8.58. The maximum absolute atomic E-state index is 13.5. The van der Waals surface area contributed by atoms with Crippen LogP contribution in [0.3, 0.4) is 0 Å². The number of rotatable bonds is 2. The standard InChI is InChI=1S/C26H30O5/c1-6-17-25(4)18(27)7-9-24(3)21(25)20(31-23(24)28)22-26(17,5)19-13(2)15(11-16(19)30-22)14-8-10-29-12-14/h7-10,12,15-17,20-22H,6,11H2,1-5H3/t15-,16-,17-,20-,21+,22-,24-,25+,26-/m1/s1. The Hall–Kier alpha value is -2.14. The first-order chi connectivity index (χ1) is 14.7. The Labute approximate surface area is 182 Å².